The Kier molecular flexibility index (Phi) is 23.9. The number of benzene rings is 5. The molecule has 5 rings (SSSR count). The summed E-state index contributed by atoms with van der Waals surface area (Å²) in [6.07, 6.45) is 24.8. The van der Waals surface area contributed by atoms with E-state index in [0.29, 0.717) is 11.1 Å². The van der Waals surface area contributed by atoms with Crippen LogP contribution in [-0.2, 0) is 5.33 Å². The molecule has 0 saturated heterocycles. The molecule has 0 fully saturated rings. The van der Waals surface area contributed by atoms with E-state index < -0.39 is 0 Å². The molecule has 0 saturated carbocycles. The summed E-state index contributed by atoms with van der Waals surface area (Å²) in [5, 5.41) is 18.8. The van der Waals surface area contributed by atoms with E-state index in [9.17, 15) is 0 Å². The van der Waals surface area contributed by atoms with Gasteiger partial charge < -0.3 is 18.9 Å². The predicted octanol–water partition coefficient (Wildman–Crippen LogP) is 16.4. The first-order chi connectivity index (χ1) is 31.6. The van der Waals surface area contributed by atoms with Gasteiger partial charge in [-0.25, -0.2) is 0 Å². The molecule has 0 aliphatic carbocycles. The van der Waals surface area contributed by atoms with Crippen LogP contribution in [0, 0.1) is 22.7 Å². The van der Waals surface area contributed by atoms with Crippen LogP contribution in [-0.4, -0.2) is 26.4 Å². The zero-order valence-corrected chi connectivity index (χ0v) is 39.6. The normalized spacial score (nSPS) is 10.9. The zero-order valence-electron chi connectivity index (χ0n) is 38.1. The lowest BCUT2D eigenvalue weighted by molar-refractivity contribution is 0.289. The summed E-state index contributed by atoms with van der Waals surface area (Å²) in [5.74, 6) is 3.65. The van der Waals surface area contributed by atoms with E-state index in [2.05, 4.69) is 70.5 Å². The van der Waals surface area contributed by atoms with Gasteiger partial charge in [0.25, 0.3) is 0 Å². The fourth-order valence-corrected chi connectivity index (χ4v) is 8.16. The lowest BCUT2D eigenvalue weighted by atomic mass is 10.0. The van der Waals surface area contributed by atoms with Crippen molar-refractivity contribution in [1.82, 2.24) is 0 Å². The van der Waals surface area contributed by atoms with E-state index in [4.69, 9.17) is 29.5 Å². The first kappa shape index (κ1) is 49.8. The highest BCUT2D eigenvalue weighted by atomic mass is 79.9. The van der Waals surface area contributed by atoms with Crippen LogP contribution in [0.15, 0.2) is 115 Å². The van der Waals surface area contributed by atoms with Crippen LogP contribution >= 0.6 is 15.9 Å². The Morgan fingerprint density at radius 3 is 0.828 bits per heavy atom. The van der Waals surface area contributed by atoms with Crippen LogP contribution in [0.1, 0.15) is 145 Å². The summed E-state index contributed by atoms with van der Waals surface area (Å²) < 4.78 is 24.3. The molecule has 6 nitrogen and oxygen atoms in total. The van der Waals surface area contributed by atoms with Crippen LogP contribution < -0.4 is 18.9 Å². The second-order valence-corrected chi connectivity index (χ2v) is 17.4. The quantitative estimate of drug-likeness (QED) is 0.0308. The van der Waals surface area contributed by atoms with Crippen molar-refractivity contribution in [3.63, 3.8) is 0 Å². The molecule has 0 spiro atoms. The molecule has 0 heterocycles. The van der Waals surface area contributed by atoms with Crippen LogP contribution in [0.5, 0.6) is 23.0 Å². The molecular formula is C57H69BrN2O4. The molecule has 0 N–H and O–H groups in total. The minimum Gasteiger partial charge on any atom is -0.494 e. The Hall–Kier alpha value is -5.24. The maximum atomic E-state index is 9.00. The highest BCUT2D eigenvalue weighted by Gasteiger charge is 2.06. The summed E-state index contributed by atoms with van der Waals surface area (Å²) in [6, 6.07) is 42.4. The second-order valence-electron chi connectivity index (χ2n) is 16.8. The molecule has 0 aliphatic heterocycles. The third-order valence-electron chi connectivity index (χ3n) is 11.6. The molecule has 0 unspecified atom stereocenters. The molecule has 64 heavy (non-hydrogen) atoms. The Labute approximate surface area is 393 Å². The van der Waals surface area contributed by atoms with Crippen molar-refractivity contribution in [3.05, 3.63) is 132 Å². The van der Waals surface area contributed by atoms with Crippen molar-refractivity contribution < 1.29 is 18.9 Å². The molecule has 338 valence electrons. The minimum atomic E-state index is 0.679. The van der Waals surface area contributed by atoms with Crippen molar-refractivity contribution in [3.8, 4) is 57.4 Å². The molecular weight excluding hydrogens is 857 g/mol. The summed E-state index contributed by atoms with van der Waals surface area (Å²) in [6.45, 7) is 3.03. The maximum absolute atomic E-state index is 9.00. The summed E-state index contributed by atoms with van der Waals surface area (Å²) in [4.78, 5) is 0. The fourth-order valence-electron chi connectivity index (χ4n) is 7.83. The van der Waals surface area contributed by atoms with Crippen LogP contribution in [0.2, 0.25) is 0 Å². The Morgan fingerprint density at radius 1 is 0.312 bits per heavy atom. The molecule has 0 radical (unpaired) electrons. The second kappa shape index (κ2) is 30.8. The number of rotatable bonds is 33. The third kappa shape index (κ3) is 19.7. The van der Waals surface area contributed by atoms with Gasteiger partial charge in [-0.1, -0.05) is 167 Å². The number of ether oxygens (including phenoxy) is 4. The van der Waals surface area contributed by atoms with Gasteiger partial charge in [-0.2, -0.15) is 10.5 Å². The minimum absolute atomic E-state index is 0.679. The lowest BCUT2D eigenvalue weighted by Crippen LogP contribution is -2.01. The Morgan fingerprint density at radius 2 is 0.562 bits per heavy atom. The van der Waals surface area contributed by atoms with Gasteiger partial charge in [-0.15, -0.1) is 0 Å². The maximum Gasteiger partial charge on any atom is 0.123 e. The fraction of sp³-hybridized carbons (Fsp3) is 0.439. The summed E-state index contributed by atoms with van der Waals surface area (Å²) in [7, 11) is 0. The zero-order chi connectivity index (χ0) is 44.7. The monoisotopic (exact) mass is 924 g/mol. The van der Waals surface area contributed by atoms with E-state index in [0.717, 1.165) is 103 Å². The van der Waals surface area contributed by atoms with Crippen molar-refractivity contribution >= 4 is 15.9 Å². The average Bonchev–Trinajstić information content (AvgIpc) is 3.34. The highest BCUT2D eigenvalue weighted by Crippen LogP contribution is 2.27. The first-order valence-corrected chi connectivity index (χ1v) is 25.2. The highest BCUT2D eigenvalue weighted by molar-refractivity contribution is 9.08. The molecule has 0 atom stereocenters. The van der Waals surface area contributed by atoms with E-state index in [1.807, 2.05) is 72.8 Å². The van der Waals surface area contributed by atoms with Crippen molar-refractivity contribution in [2.45, 2.75) is 134 Å². The summed E-state index contributed by atoms with van der Waals surface area (Å²) in [5.41, 5.74) is 7.02. The molecule has 0 aliphatic rings. The number of hydrogen-bond donors (Lipinski definition) is 0. The van der Waals surface area contributed by atoms with E-state index in [1.54, 1.807) is 0 Å². The van der Waals surface area contributed by atoms with Crippen LogP contribution in [0.3, 0.4) is 0 Å². The molecule has 0 aromatic heterocycles. The van der Waals surface area contributed by atoms with Gasteiger partial charge in [0.05, 0.1) is 49.7 Å². The first-order valence-electron chi connectivity index (χ1n) is 24.1. The largest absolute Gasteiger partial charge is 0.494 e. The Bertz CT molecular complexity index is 1940. The molecule has 7 heteroatoms. The number of halogens is 1. The number of nitriles is 2. The average molecular weight is 926 g/mol. The lowest BCUT2D eigenvalue weighted by Gasteiger charge is -2.12. The van der Waals surface area contributed by atoms with Gasteiger partial charge in [0.1, 0.15) is 23.0 Å². The van der Waals surface area contributed by atoms with Gasteiger partial charge in [0.2, 0.25) is 0 Å². The van der Waals surface area contributed by atoms with Gasteiger partial charge in [-0.3, -0.25) is 0 Å². The smallest absolute Gasteiger partial charge is 0.123 e. The van der Waals surface area contributed by atoms with Gasteiger partial charge in [0.15, 0.2) is 0 Å². The van der Waals surface area contributed by atoms with Gasteiger partial charge >= 0.3 is 0 Å². The van der Waals surface area contributed by atoms with Crippen LogP contribution in [0.25, 0.3) is 22.3 Å². The third-order valence-corrected chi connectivity index (χ3v) is 12.3. The SMILES string of the molecule is N#Cc1ccc(-c2ccc(OCCCCCCCCCCCCOc3cc(CBr)cc(OCCCCCCCCCCCCOc4ccc(-c5ccc(C#N)cc5)cc4)c3)cc2)cc1. The standard InChI is InChI=1S/C57H69BrN2O4/c58-44-49-41-56(63-39-19-15-11-7-3-1-5-9-13-17-37-61-54-33-29-52(30-34-54)50-25-21-47(45-59)22-26-50)43-57(42-49)64-40-20-16-12-8-4-2-6-10-14-18-38-62-55-35-31-53(32-36-55)51-27-23-48(46-60)24-28-51/h21-36,41-43H,1-20,37-40,44H2. The van der Waals surface area contributed by atoms with E-state index in [-0.39, 0.29) is 0 Å². The number of nitrogens with zero attached hydrogens (tertiary/aromatic N) is 2. The number of alkyl halides is 1. The van der Waals surface area contributed by atoms with Crippen molar-refractivity contribution in [1.29, 1.82) is 10.5 Å². The van der Waals surface area contributed by atoms with Gasteiger partial charge in [0, 0.05) is 11.4 Å². The van der Waals surface area contributed by atoms with Gasteiger partial charge in [-0.05, 0) is 114 Å². The van der Waals surface area contributed by atoms with Crippen molar-refractivity contribution in [2.75, 3.05) is 26.4 Å². The molecule has 0 amide bonds. The molecule has 5 aromatic rings. The predicted molar refractivity (Wildman–Crippen MR) is 267 cm³/mol. The van der Waals surface area contributed by atoms with E-state index >= 15 is 0 Å². The Balaban J connectivity index is 0.777. The number of hydrogen-bond acceptors (Lipinski definition) is 6. The summed E-state index contributed by atoms with van der Waals surface area (Å²) >= 11 is 3.62. The molecule has 5 aromatic carbocycles. The van der Waals surface area contributed by atoms with Crippen molar-refractivity contribution in [2.24, 2.45) is 0 Å². The number of unbranched alkanes of at least 4 members (excludes halogenated alkanes) is 18. The topological polar surface area (TPSA) is 84.5 Å². The van der Waals surface area contributed by atoms with E-state index in [1.165, 1.54) is 108 Å². The molecule has 0 bridgehead atoms. The van der Waals surface area contributed by atoms with Crippen LogP contribution in [0.4, 0.5) is 0 Å².